The lowest BCUT2D eigenvalue weighted by Crippen LogP contribution is -2.46. The second-order valence-corrected chi connectivity index (χ2v) is 9.95. The summed E-state index contributed by atoms with van der Waals surface area (Å²) in [7, 11) is 0. The molecule has 8 nitrogen and oxygen atoms in total. The molecule has 34 heavy (non-hydrogen) atoms. The monoisotopic (exact) mass is 462 g/mol. The van der Waals surface area contributed by atoms with Gasteiger partial charge in [-0.3, -0.25) is 19.3 Å². The van der Waals surface area contributed by atoms with Gasteiger partial charge in [-0.25, -0.2) is 4.98 Å². The number of amides is 1. The molecule has 1 aromatic carbocycles. The fourth-order valence-corrected chi connectivity index (χ4v) is 6.02. The van der Waals surface area contributed by atoms with E-state index in [2.05, 4.69) is 14.9 Å². The highest BCUT2D eigenvalue weighted by Crippen LogP contribution is 2.30. The van der Waals surface area contributed by atoms with Crippen LogP contribution in [0, 0.1) is 5.92 Å². The number of carbonyl (C=O) groups excluding carboxylic acids is 2. The standard InChI is InChI=1S/C26H30N4O4/c31-24(18-4-5-22-17(14-18)9-13-34-22)16-6-10-29(11-7-16)21-8-12-30(26(21)33)15-23-27-20-3-1-2-19(20)25(32)28-23/h4-5,14,16,21H,1-3,6-13,15H2,(H,27,28,32). The van der Waals surface area contributed by atoms with Crippen LogP contribution in [0.1, 0.15) is 58.7 Å². The number of aryl methyl sites for hydroxylation is 1. The van der Waals surface area contributed by atoms with Crippen LogP contribution in [0.15, 0.2) is 23.0 Å². The van der Waals surface area contributed by atoms with Gasteiger partial charge in [0.1, 0.15) is 11.6 Å². The number of likely N-dealkylation sites (tertiary alicyclic amines) is 2. The number of H-pyrrole nitrogens is 1. The average Bonchev–Trinajstić information content (AvgIpc) is 3.59. The van der Waals surface area contributed by atoms with Crippen LogP contribution in [-0.4, -0.2) is 63.7 Å². The lowest BCUT2D eigenvalue weighted by atomic mass is 9.87. The van der Waals surface area contributed by atoms with E-state index in [-0.39, 0.29) is 29.2 Å². The zero-order valence-corrected chi connectivity index (χ0v) is 19.3. The van der Waals surface area contributed by atoms with Gasteiger partial charge in [0.25, 0.3) is 5.56 Å². The molecule has 178 valence electrons. The van der Waals surface area contributed by atoms with Crippen molar-refractivity contribution in [3.05, 3.63) is 56.8 Å². The highest BCUT2D eigenvalue weighted by atomic mass is 16.5. The maximum Gasteiger partial charge on any atom is 0.254 e. The molecule has 1 aromatic heterocycles. The number of nitrogens with one attached hydrogen (secondary N) is 1. The molecule has 0 spiro atoms. The largest absolute Gasteiger partial charge is 0.493 e. The number of aromatic nitrogens is 2. The normalized spacial score (nSPS) is 22.6. The Labute approximate surface area is 198 Å². The number of aromatic amines is 1. The zero-order chi connectivity index (χ0) is 23.2. The van der Waals surface area contributed by atoms with Gasteiger partial charge in [-0.1, -0.05) is 0 Å². The lowest BCUT2D eigenvalue weighted by molar-refractivity contribution is -0.133. The smallest absolute Gasteiger partial charge is 0.254 e. The van der Waals surface area contributed by atoms with Crippen molar-refractivity contribution in [2.24, 2.45) is 5.92 Å². The first-order chi connectivity index (χ1) is 16.6. The Balaban J connectivity index is 1.06. The SMILES string of the molecule is O=C(c1ccc2c(c1)CCO2)C1CCN(C2CCN(Cc3nc4c(c(=O)[nH]3)CCC4)C2=O)CC1. The number of hydrogen-bond donors (Lipinski definition) is 1. The summed E-state index contributed by atoms with van der Waals surface area (Å²) in [4.78, 5) is 50.1. The molecule has 1 unspecified atom stereocenters. The van der Waals surface area contributed by atoms with Crippen molar-refractivity contribution in [3.8, 4) is 5.75 Å². The summed E-state index contributed by atoms with van der Waals surface area (Å²) in [5, 5.41) is 0. The molecule has 0 bridgehead atoms. The average molecular weight is 463 g/mol. The minimum absolute atomic E-state index is 0.00455. The summed E-state index contributed by atoms with van der Waals surface area (Å²) < 4.78 is 5.56. The Morgan fingerprint density at radius 1 is 1.09 bits per heavy atom. The van der Waals surface area contributed by atoms with E-state index < -0.39 is 0 Å². The predicted octanol–water partition coefficient (Wildman–Crippen LogP) is 1.89. The lowest BCUT2D eigenvalue weighted by Gasteiger charge is -2.34. The molecule has 1 atom stereocenters. The minimum atomic E-state index is -0.144. The van der Waals surface area contributed by atoms with Crippen molar-refractivity contribution < 1.29 is 14.3 Å². The first-order valence-corrected chi connectivity index (χ1v) is 12.5. The van der Waals surface area contributed by atoms with Gasteiger partial charge in [-0.15, -0.1) is 0 Å². The molecule has 1 amide bonds. The van der Waals surface area contributed by atoms with Crippen LogP contribution < -0.4 is 10.3 Å². The molecule has 6 rings (SSSR count). The van der Waals surface area contributed by atoms with Gasteiger partial charge in [-0.05, 0) is 75.4 Å². The summed E-state index contributed by atoms with van der Waals surface area (Å²) in [5.41, 5.74) is 3.55. The molecule has 2 saturated heterocycles. The van der Waals surface area contributed by atoms with E-state index in [0.29, 0.717) is 25.5 Å². The van der Waals surface area contributed by atoms with E-state index in [0.717, 1.165) is 86.2 Å². The third-order valence-corrected chi connectivity index (χ3v) is 7.92. The number of hydrogen-bond acceptors (Lipinski definition) is 6. The number of rotatable bonds is 5. The van der Waals surface area contributed by atoms with Gasteiger partial charge in [0, 0.05) is 30.0 Å². The van der Waals surface area contributed by atoms with Crippen molar-refractivity contribution in [1.82, 2.24) is 19.8 Å². The zero-order valence-electron chi connectivity index (χ0n) is 19.3. The maximum atomic E-state index is 13.2. The highest BCUT2D eigenvalue weighted by Gasteiger charge is 2.38. The van der Waals surface area contributed by atoms with Crippen molar-refractivity contribution in [2.75, 3.05) is 26.2 Å². The summed E-state index contributed by atoms with van der Waals surface area (Å²) >= 11 is 0. The first-order valence-electron chi connectivity index (χ1n) is 12.5. The predicted molar refractivity (Wildman–Crippen MR) is 125 cm³/mol. The molecule has 1 N–H and O–H groups in total. The van der Waals surface area contributed by atoms with Gasteiger partial charge in [-0.2, -0.15) is 0 Å². The molecule has 2 fully saturated rings. The van der Waals surface area contributed by atoms with E-state index in [1.54, 1.807) is 0 Å². The number of carbonyl (C=O) groups is 2. The van der Waals surface area contributed by atoms with Crippen molar-refractivity contribution >= 4 is 11.7 Å². The Morgan fingerprint density at radius 2 is 1.94 bits per heavy atom. The van der Waals surface area contributed by atoms with Crippen molar-refractivity contribution in [3.63, 3.8) is 0 Å². The second-order valence-electron chi connectivity index (χ2n) is 9.95. The molecule has 4 heterocycles. The molecule has 8 heteroatoms. The Bertz CT molecular complexity index is 1200. The van der Waals surface area contributed by atoms with E-state index >= 15 is 0 Å². The van der Waals surface area contributed by atoms with Gasteiger partial charge < -0.3 is 14.6 Å². The second kappa shape index (κ2) is 8.65. The Hall–Kier alpha value is -3.00. The number of piperidine rings is 1. The number of fused-ring (bicyclic) bond motifs is 2. The number of ether oxygens (including phenoxy) is 1. The summed E-state index contributed by atoms with van der Waals surface area (Å²) in [6.45, 7) is 3.22. The number of benzene rings is 1. The molecule has 3 aliphatic heterocycles. The van der Waals surface area contributed by atoms with E-state index in [4.69, 9.17) is 4.74 Å². The third kappa shape index (κ3) is 3.83. The van der Waals surface area contributed by atoms with Gasteiger partial charge in [0.2, 0.25) is 5.91 Å². The van der Waals surface area contributed by atoms with E-state index in [9.17, 15) is 14.4 Å². The quantitative estimate of drug-likeness (QED) is 0.682. The van der Waals surface area contributed by atoms with Crippen LogP contribution in [0.25, 0.3) is 0 Å². The highest BCUT2D eigenvalue weighted by molar-refractivity contribution is 5.98. The third-order valence-electron chi connectivity index (χ3n) is 7.92. The number of Topliss-reactive ketones (excluding diaryl/α,β-unsaturated/α-hetero) is 1. The summed E-state index contributed by atoms with van der Waals surface area (Å²) in [5.74, 6) is 1.80. The minimum Gasteiger partial charge on any atom is -0.493 e. The number of nitrogens with zero attached hydrogens (tertiary/aromatic N) is 3. The fraction of sp³-hybridized carbons (Fsp3) is 0.538. The number of ketones is 1. The molecule has 2 aromatic rings. The molecule has 0 saturated carbocycles. The van der Waals surface area contributed by atoms with E-state index in [1.165, 1.54) is 0 Å². The van der Waals surface area contributed by atoms with Crippen molar-refractivity contribution in [2.45, 2.75) is 57.5 Å². The van der Waals surface area contributed by atoms with Crippen LogP contribution in [0.4, 0.5) is 0 Å². The van der Waals surface area contributed by atoms with Crippen LogP contribution in [-0.2, 0) is 30.6 Å². The summed E-state index contributed by atoms with van der Waals surface area (Å²) in [6, 6.07) is 5.65. The van der Waals surface area contributed by atoms with Crippen LogP contribution in [0.5, 0.6) is 5.75 Å². The van der Waals surface area contributed by atoms with Crippen LogP contribution in [0.2, 0.25) is 0 Å². The van der Waals surface area contributed by atoms with Crippen LogP contribution >= 0.6 is 0 Å². The molecule has 1 aliphatic carbocycles. The Morgan fingerprint density at radius 3 is 2.79 bits per heavy atom. The van der Waals surface area contributed by atoms with Gasteiger partial charge >= 0.3 is 0 Å². The summed E-state index contributed by atoms with van der Waals surface area (Å²) in [6.07, 6.45) is 5.80. The Kier molecular flexibility index (Phi) is 5.48. The maximum absolute atomic E-state index is 13.2. The van der Waals surface area contributed by atoms with E-state index in [1.807, 2.05) is 23.1 Å². The molecule has 4 aliphatic rings. The first kappa shape index (κ1) is 21.5. The fourth-order valence-electron chi connectivity index (χ4n) is 6.02. The molecular weight excluding hydrogens is 432 g/mol. The topological polar surface area (TPSA) is 95.6 Å². The van der Waals surface area contributed by atoms with Crippen molar-refractivity contribution in [1.29, 1.82) is 0 Å². The molecule has 0 radical (unpaired) electrons. The van der Waals surface area contributed by atoms with Gasteiger partial charge in [0.15, 0.2) is 5.78 Å². The molecular formula is C26H30N4O4. The van der Waals surface area contributed by atoms with Gasteiger partial charge in [0.05, 0.1) is 24.9 Å². The van der Waals surface area contributed by atoms with Crippen LogP contribution in [0.3, 0.4) is 0 Å².